The molecule has 6 atom stereocenters. The predicted molar refractivity (Wildman–Crippen MR) is 196 cm³/mol. The smallest absolute Gasteiger partial charge is 0.186 e. The highest BCUT2D eigenvalue weighted by molar-refractivity contribution is 5.89. The third-order valence-electron chi connectivity index (χ3n) is 10.4. The summed E-state index contributed by atoms with van der Waals surface area (Å²) in [5.74, 6) is 14.7. The van der Waals surface area contributed by atoms with Gasteiger partial charge in [-0.2, -0.15) is 0 Å². The van der Waals surface area contributed by atoms with Gasteiger partial charge in [-0.15, -0.1) is 5.92 Å². The van der Waals surface area contributed by atoms with Crippen molar-refractivity contribution >= 4 is 11.7 Å². The number of nitrogens with zero attached hydrogens (tertiary/aromatic N) is 1. The van der Waals surface area contributed by atoms with Gasteiger partial charge in [-0.3, -0.25) is 4.79 Å². The van der Waals surface area contributed by atoms with E-state index in [2.05, 4.69) is 37.5 Å². The van der Waals surface area contributed by atoms with E-state index in [1.165, 1.54) is 0 Å². The Hall–Kier alpha value is -3.46. The Labute approximate surface area is 294 Å². The number of hydrogen-bond acceptors (Lipinski definition) is 6. The summed E-state index contributed by atoms with van der Waals surface area (Å²) in [4.78, 5) is 17.8. The first-order chi connectivity index (χ1) is 23.7. The number of phenols is 1. The molecule has 4 aliphatic rings. The number of phenolic OH excluding ortho intramolecular Hbond substituents is 1. The normalized spacial score (nSPS) is 25.7. The number of allylic oxidation sites excluding steroid dienone is 2. The van der Waals surface area contributed by atoms with Gasteiger partial charge in [0.2, 0.25) is 0 Å². The second-order valence-electron chi connectivity index (χ2n) is 14.3. The molecule has 1 saturated carbocycles. The van der Waals surface area contributed by atoms with Crippen molar-refractivity contribution in [3.8, 4) is 35.2 Å². The summed E-state index contributed by atoms with van der Waals surface area (Å²) in [5, 5.41) is 22.1. The lowest BCUT2D eigenvalue weighted by Gasteiger charge is -2.33. The van der Waals surface area contributed by atoms with Gasteiger partial charge in [-0.25, -0.2) is 4.99 Å². The highest BCUT2D eigenvalue weighted by atomic mass is 16.5. The number of methoxy groups -OCH3 is 1. The SMILES string of the molecule is CCCC=CC(=O)CCc1cc(OC2CCCC2)c(O)c2c1C#C[C@H]1[C@@H](CCCO)C#CC[C@@H](C)CC[C@@H]2[C@@H](COC)CC[C@@H]1N=C(N)N. The van der Waals surface area contributed by atoms with Gasteiger partial charge in [-0.05, 0) is 113 Å². The zero-order valence-electron chi connectivity index (χ0n) is 30.0. The van der Waals surface area contributed by atoms with Crippen LogP contribution in [0.4, 0.5) is 0 Å². The molecular weight excluding hydrogens is 614 g/mol. The van der Waals surface area contributed by atoms with E-state index in [1.807, 2.05) is 12.1 Å². The maximum absolute atomic E-state index is 13.0. The number of aliphatic hydroxyl groups is 1. The predicted octanol–water partition coefficient (Wildman–Crippen LogP) is 6.53. The van der Waals surface area contributed by atoms with Gasteiger partial charge < -0.3 is 31.2 Å². The van der Waals surface area contributed by atoms with E-state index in [0.29, 0.717) is 50.4 Å². The lowest BCUT2D eigenvalue weighted by atomic mass is 9.73. The Kier molecular flexibility index (Phi) is 15.4. The number of nitrogens with two attached hydrogens (primary N) is 2. The van der Waals surface area contributed by atoms with Crippen LogP contribution in [0.2, 0.25) is 0 Å². The fourth-order valence-corrected chi connectivity index (χ4v) is 7.76. The molecule has 2 bridgehead atoms. The van der Waals surface area contributed by atoms with Crippen LogP contribution in [0, 0.1) is 47.4 Å². The molecule has 6 N–H and O–H groups in total. The Morgan fingerprint density at radius 1 is 1.12 bits per heavy atom. The van der Waals surface area contributed by atoms with Crippen LogP contribution in [-0.2, 0) is 16.0 Å². The Morgan fingerprint density at radius 2 is 1.92 bits per heavy atom. The van der Waals surface area contributed by atoms with Crippen molar-refractivity contribution in [2.75, 3.05) is 20.3 Å². The van der Waals surface area contributed by atoms with Gasteiger partial charge in [0.1, 0.15) is 0 Å². The molecule has 0 heterocycles. The maximum Gasteiger partial charge on any atom is 0.186 e. The number of ether oxygens (including phenoxy) is 2. The third kappa shape index (κ3) is 11.0. The molecule has 8 heteroatoms. The number of aliphatic imine (C=N–C) groups is 1. The number of hydrogen-bond donors (Lipinski definition) is 4. The standard InChI is InChI=1S/C41H59N3O5/c1-4-5-6-14-32(46)20-18-30-26-38(49-33-15-7-8-16-33)40(47)39-35(30)23-22-34-29(13-10-25-45)12-9-11-28(2)17-21-36(39)31(27-48-3)19-24-37(34)44-41(42)43/h6,14,26,28-29,31,33-34,36-37,45,47H,4-5,7-8,10-11,13,15-21,24-25,27H2,1-3H3,(H4,42,43,44)/t28-,29-,31-,34+,36-,37+/m1/s1. The largest absolute Gasteiger partial charge is 0.504 e. The van der Waals surface area contributed by atoms with E-state index in [4.69, 9.17) is 25.9 Å². The minimum absolute atomic E-state index is 0.0163. The minimum atomic E-state index is -0.312. The average Bonchev–Trinajstić information content (AvgIpc) is 3.59. The summed E-state index contributed by atoms with van der Waals surface area (Å²) >= 11 is 0. The lowest BCUT2D eigenvalue weighted by molar-refractivity contribution is -0.114. The first-order valence-corrected chi connectivity index (χ1v) is 18.7. The molecule has 0 radical (unpaired) electrons. The molecule has 5 rings (SSSR count). The van der Waals surface area contributed by atoms with Gasteiger partial charge in [0.25, 0.3) is 0 Å². The quantitative estimate of drug-likeness (QED) is 0.0762. The summed E-state index contributed by atoms with van der Waals surface area (Å²) in [6, 6.07) is 1.63. The first-order valence-electron chi connectivity index (χ1n) is 18.7. The molecule has 0 saturated heterocycles. The number of rotatable bonds is 14. The third-order valence-corrected chi connectivity index (χ3v) is 10.4. The van der Waals surface area contributed by atoms with E-state index in [9.17, 15) is 15.0 Å². The van der Waals surface area contributed by atoms with Crippen molar-refractivity contribution in [2.24, 2.45) is 40.1 Å². The van der Waals surface area contributed by atoms with Crippen LogP contribution in [0.5, 0.6) is 11.5 Å². The summed E-state index contributed by atoms with van der Waals surface area (Å²) in [5.41, 5.74) is 14.5. The second-order valence-corrected chi connectivity index (χ2v) is 14.3. The number of unbranched alkanes of at least 4 members (excludes halogenated alkanes) is 1. The summed E-state index contributed by atoms with van der Waals surface area (Å²) in [7, 11) is 1.73. The van der Waals surface area contributed by atoms with E-state index >= 15 is 0 Å². The number of ketones is 1. The molecule has 1 aromatic rings. The average molecular weight is 674 g/mol. The number of carbonyl (C=O) groups is 1. The molecule has 49 heavy (non-hydrogen) atoms. The van der Waals surface area contributed by atoms with Crippen molar-refractivity contribution < 1.29 is 24.5 Å². The fourth-order valence-electron chi connectivity index (χ4n) is 7.76. The van der Waals surface area contributed by atoms with E-state index in [-0.39, 0.29) is 59.9 Å². The zero-order chi connectivity index (χ0) is 35.2. The maximum atomic E-state index is 13.0. The Morgan fingerprint density at radius 3 is 2.63 bits per heavy atom. The van der Waals surface area contributed by atoms with Crippen molar-refractivity contribution in [3.63, 3.8) is 0 Å². The number of fused-ring (bicyclic) bond motifs is 8. The number of aliphatic hydroxyl groups excluding tert-OH is 1. The van der Waals surface area contributed by atoms with Crippen LogP contribution in [0.3, 0.4) is 0 Å². The topological polar surface area (TPSA) is 140 Å². The fraction of sp³-hybridized carbons (Fsp3) is 0.659. The summed E-state index contributed by atoms with van der Waals surface area (Å²) in [6.07, 6.45) is 15.7. The molecule has 0 aliphatic heterocycles. The number of carbonyl (C=O) groups excluding carboxylic acids is 1. The second kappa shape index (κ2) is 19.7. The van der Waals surface area contributed by atoms with Crippen molar-refractivity contribution in [3.05, 3.63) is 34.9 Å². The number of benzene rings is 1. The minimum Gasteiger partial charge on any atom is -0.504 e. The van der Waals surface area contributed by atoms with Crippen molar-refractivity contribution in [1.82, 2.24) is 0 Å². The zero-order valence-corrected chi connectivity index (χ0v) is 30.0. The van der Waals surface area contributed by atoms with Crippen LogP contribution >= 0.6 is 0 Å². The Balaban J connectivity index is 1.99. The van der Waals surface area contributed by atoms with Crippen LogP contribution in [-0.4, -0.2) is 54.4 Å². The van der Waals surface area contributed by atoms with Crippen LogP contribution in [0.25, 0.3) is 0 Å². The number of aromatic hydroxyl groups is 1. The Bertz CT molecular complexity index is 1420. The van der Waals surface area contributed by atoms with Gasteiger partial charge >= 0.3 is 0 Å². The van der Waals surface area contributed by atoms with E-state index < -0.39 is 0 Å². The number of aryl methyl sites for hydroxylation is 1. The van der Waals surface area contributed by atoms with E-state index in [1.54, 1.807) is 13.2 Å². The van der Waals surface area contributed by atoms with Gasteiger partial charge in [0.05, 0.1) is 18.1 Å². The molecule has 268 valence electrons. The molecule has 1 fully saturated rings. The summed E-state index contributed by atoms with van der Waals surface area (Å²) in [6.45, 7) is 4.89. The molecule has 0 unspecified atom stereocenters. The molecule has 0 spiro atoms. The lowest BCUT2D eigenvalue weighted by Crippen LogP contribution is -2.33. The van der Waals surface area contributed by atoms with Gasteiger partial charge in [-0.1, -0.05) is 44.1 Å². The molecule has 0 amide bonds. The molecular formula is C41H59N3O5. The molecule has 1 aromatic carbocycles. The monoisotopic (exact) mass is 673 g/mol. The number of guanidine groups is 1. The van der Waals surface area contributed by atoms with Crippen LogP contribution < -0.4 is 16.2 Å². The molecule has 8 nitrogen and oxygen atoms in total. The van der Waals surface area contributed by atoms with Crippen LogP contribution in [0.1, 0.15) is 126 Å². The first kappa shape index (κ1) is 38.3. The highest BCUT2D eigenvalue weighted by Gasteiger charge is 2.35. The van der Waals surface area contributed by atoms with Crippen LogP contribution in [0.15, 0.2) is 23.2 Å². The van der Waals surface area contributed by atoms with Crippen molar-refractivity contribution in [2.45, 2.75) is 128 Å². The van der Waals surface area contributed by atoms with E-state index in [0.717, 1.165) is 80.9 Å². The summed E-state index contributed by atoms with van der Waals surface area (Å²) < 4.78 is 12.5. The van der Waals surface area contributed by atoms with Crippen molar-refractivity contribution in [1.29, 1.82) is 0 Å². The highest BCUT2D eigenvalue weighted by Crippen LogP contribution is 2.47. The van der Waals surface area contributed by atoms with Gasteiger partial charge in [0, 0.05) is 50.2 Å². The van der Waals surface area contributed by atoms with Gasteiger partial charge in [0.15, 0.2) is 23.2 Å². The molecule has 0 aromatic heterocycles. The molecule has 4 aliphatic carbocycles.